The van der Waals surface area contributed by atoms with E-state index in [2.05, 4.69) is 22.5 Å². The van der Waals surface area contributed by atoms with E-state index in [4.69, 9.17) is 11.6 Å². The van der Waals surface area contributed by atoms with E-state index in [1.807, 2.05) is 24.3 Å². The van der Waals surface area contributed by atoms with Crippen LogP contribution in [-0.4, -0.2) is 17.6 Å². The minimum Gasteiger partial charge on any atom is -0.352 e. The van der Waals surface area contributed by atoms with E-state index in [-0.39, 0.29) is 17.6 Å². The van der Waals surface area contributed by atoms with Crippen LogP contribution in [0.4, 0.5) is 0 Å². The van der Waals surface area contributed by atoms with Crippen LogP contribution >= 0.6 is 11.6 Å². The first-order valence-electron chi connectivity index (χ1n) is 8.52. The largest absolute Gasteiger partial charge is 0.352 e. The number of halogens is 1. The lowest BCUT2D eigenvalue weighted by atomic mass is 9.58. The van der Waals surface area contributed by atoms with Crippen LogP contribution in [0, 0.1) is 5.92 Å². The number of carbonyl (C=O) groups is 1. The molecule has 0 radical (unpaired) electrons. The van der Waals surface area contributed by atoms with Crippen molar-refractivity contribution < 1.29 is 4.79 Å². The summed E-state index contributed by atoms with van der Waals surface area (Å²) in [6.07, 6.45) is 5.80. The maximum atomic E-state index is 13.1. The van der Waals surface area contributed by atoms with Crippen molar-refractivity contribution in [3.63, 3.8) is 0 Å². The van der Waals surface area contributed by atoms with E-state index in [9.17, 15) is 4.79 Å². The Hall–Kier alpha value is -1.42. The number of rotatable bonds is 3. The molecule has 4 rings (SSSR count). The molecule has 1 heterocycles. The van der Waals surface area contributed by atoms with E-state index in [0.29, 0.717) is 10.9 Å². The second kappa shape index (κ2) is 5.30. The Morgan fingerprint density at radius 1 is 1.30 bits per heavy atom. The lowest BCUT2D eigenvalue weighted by Crippen LogP contribution is -2.55. The first-order valence-corrected chi connectivity index (χ1v) is 8.90. The summed E-state index contributed by atoms with van der Waals surface area (Å²) in [5, 5.41) is 12.4. The maximum Gasteiger partial charge on any atom is 0.230 e. The smallest absolute Gasteiger partial charge is 0.230 e. The minimum atomic E-state index is -0.410. The number of hydrogen-bond acceptors (Lipinski definition) is 3. The van der Waals surface area contributed by atoms with E-state index >= 15 is 0 Å². The Kier molecular flexibility index (Phi) is 3.49. The van der Waals surface area contributed by atoms with Gasteiger partial charge in [0.1, 0.15) is 0 Å². The first-order chi connectivity index (χ1) is 11.0. The molecule has 1 aliphatic heterocycles. The Morgan fingerprint density at radius 3 is 2.74 bits per heavy atom. The summed E-state index contributed by atoms with van der Waals surface area (Å²) in [6, 6.07) is 7.97. The van der Waals surface area contributed by atoms with Crippen LogP contribution in [-0.2, 0) is 10.2 Å². The lowest BCUT2D eigenvalue weighted by molar-refractivity contribution is -0.132. The van der Waals surface area contributed by atoms with Gasteiger partial charge in [-0.3, -0.25) is 4.79 Å². The molecule has 0 bridgehead atoms. The van der Waals surface area contributed by atoms with Crippen LogP contribution in [0.2, 0.25) is 5.02 Å². The Morgan fingerprint density at radius 2 is 2.09 bits per heavy atom. The van der Waals surface area contributed by atoms with Crippen molar-refractivity contribution in [3.05, 3.63) is 34.9 Å². The molecule has 2 aliphatic carbocycles. The van der Waals surface area contributed by atoms with Gasteiger partial charge in [0.25, 0.3) is 0 Å². The summed E-state index contributed by atoms with van der Waals surface area (Å²) in [5.74, 6) is 0.728. The molecular formula is C18H22ClN3O. The number of nitrogens with one attached hydrogen (secondary N) is 1. The molecule has 4 nitrogen and oxygen atoms in total. The van der Waals surface area contributed by atoms with E-state index in [0.717, 1.165) is 44.1 Å². The molecular weight excluding hydrogens is 310 g/mol. The molecule has 5 heteroatoms. The molecule has 1 unspecified atom stereocenters. The third-order valence-corrected chi connectivity index (χ3v) is 5.86. The molecule has 1 aromatic rings. The van der Waals surface area contributed by atoms with Crippen LogP contribution in [0.3, 0.4) is 0 Å². The first kappa shape index (κ1) is 15.1. The van der Waals surface area contributed by atoms with Crippen LogP contribution in [0.5, 0.6) is 0 Å². The monoisotopic (exact) mass is 331 g/mol. The molecule has 3 aliphatic rings. The molecule has 122 valence electrons. The van der Waals surface area contributed by atoms with Gasteiger partial charge >= 0.3 is 0 Å². The fourth-order valence-corrected chi connectivity index (χ4v) is 4.59. The average Bonchev–Trinajstić information content (AvgIpc) is 3.22. The highest BCUT2D eigenvalue weighted by atomic mass is 35.5. The fraction of sp³-hybridized carbons (Fsp3) is 0.611. The van der Waals surface area contributed by atoms with E-state index in [1.165, 1.54) is 0 Å². The molecule has 0 aromatic heterocycles. The van der Waals surface area contributed by atoms with Crippen LogP contribution in [0.1, 0.15) is 51.0 Å². The highest BCUT2D eigenvalue weighted by Gasteiger charge is 2.51. The van der Waals surface area contributed by atoms with Crippen molar-refractivity contribution in [3.8, 4) is 0 Å². The molecule has 1 spiro atoms. The second-order valence-electron chi connectivity index (χ2n) is 7.56. The van der Waals surface area contributed by atoms with Gasteiger partial charge in [-0.1, -0.05) is 30.7 Å². The predicted octanol–water partition coefficient (Wildman–Crippen LogP) is 4.23. The molecule has 1 aromatic carbocycles. The summed E-state index contributed by atoms with van der Waals surface area (Å²) in [6.45, 7) is 2.20. The third-order valence-electron chi connectivity index (χ3n) is 5.63. The Balaban J connectivity index is 1.52. The summed E-state index contributed by atoms with van der Waals surface area (Å²) in [7, 11) is 0. The van der Waals surface area contributed by atoms with Gasteiger partial charge in [-0.2, -0.15) is 10.2 Å². The zero-order valence-corrected chi connectivity index (χ0v) is 14.1. The molecule has 2 fully saturated rings. The van der Waals surface area contributed by atoms with Gasteiger partial charge in [-0.15, -0.1) is 0 Å². The van der Waals surface area contributed by atoms with Crippen molar-refractivity contribution in [1.29, 1.82) is 0 Å². The van der Waals surface area contributed by atoms with Gasteiger partial charge in [-0.05, 0) is 55.7 Å². The maximum absolute atomic E-state index is 13.1. The highest BCUT2D eigenvalue weighted by molar-refractivity contribution is 6.30. The molecule has 2 saturated carbocycles. The van der Waals surface area contributed by atoms with Crippen molar-refractivity contribution in [2.24, 2.45) is 16.1 Å². The number of nitrogens with zero attached hydrogens (tertiary/aromatic N) is 2. The highest BCUT2D eigenvalue weighted by Crippen LogP contribution is 2.49. The van der Waals surface area contributed by atoms with Gasteiger partial charge in [0, 0.05) is 17.5 Å². The van der Waals surface area contributed by atoms with Crippen molar-refractivity contribution in [2.75, 3.05) is 0 Å². The normalized spacial score (nSPS) is 34.0. The van der Waals surface area contributed by atoms with Gasteiger partial charge in [0.05, 0.1) is 5.41 Å². The van der Waals surface area contributed by atoms with Gasteiger partial charge in [0.2, 0.25) is 5.91 Å². The third kappa shape index (κ3) is 2.67. The Labute approximate surface area is 141 Å². The lowest BCUT2D eigenvalue weighted by Gasteiger charge is -2.46. The average molecular weight is 332 g/mol. The standard InChI is InChI=1S/C18H22ClN3O/c1-12-9-17(10-12,13-4-2-5-14(19)8-13)16(23)20-15-6-3-7-18(11-15)21-22-18/h2,4-5,8,12,15H,3,6-7,9-11H2,1H3,(H,20,23). The number of amides is 1. The Bertz CT molecular complexity index is 660. The summed E-state index contributed by atoms with van der Waals surface area (Å²) in [4.78, 5) is 13.1. The second-order valence-corrected chi connectivity index (χ2v) is 7.99. The van der Waals surface area contributed by atoms with Gasteiger partial charge < -0.3 is 5.32 Å². The molecule has 1 N–H and O–H groups in total. The molecule has 23 heavy (non-hydrogen) atoms. The fourth-order valence-electron chi connectivity index (χ4n) is 4.40. The summed E-state index contributed by atoms with van der Waals surface area (Å²) < 4.78 is 0. The van der Waals surface area contributed by atoms with Gasteiger partial charge in [-0.25, -0.2) is 0 Å². The van der Waals surface area contributed by atoms with Crippen LogP contribution in [0.25, 0.3) is 0 Å². The van der Waals surface area contributed by atoms with Crippen molar-refractivity contribution in [2.45, 2.75) is 62.6 Å². The van der Waals surface area contributed by atoms with E-state index < -0.39 is 5.41 Å². The quantitative estimate of drug-likeness (QED) is 0.885. The molecule has 1 amide bonds. The predicted molar refractivity (Wildman–Crippen MR) is 89.5 cm³/mol. The zero-order valence-electron chi connectivity index (χ0n) is 13.4. The summed E-state index contributed by atoms with van der Waals surface area (Å²) in [5.41, 5.74) is 0.478. The topological polar surface area (TPSA) is 53.8 Å². The SMILES string of the molecule is CC1CC(C(=O)NC2CCCC3(C2)N=N3)(c2cccc(Cl)c2)C1. The number of benzene rings is 1. The van der Waals surface area contributed by atoms with E-state index in [1.54, 1.807) is 0 Å². The molecule has 1 atom stereocenters. The minimum absolute atomic E-state index is 0.153. The summed E-state index contributed by atoms with van der Waals surface area (Å²) >= 11 is 6.15. The van der Waals surface area contributed by atoms with Crippen LogP contribution < -0.4 is 5.32 Å². The van der Waals surface area contributed by atoms with Crippen LogP contribution in [0.15, 0.2) is 34.5 Å². The van der Waals surface area contributed by atoms with Crippen molar-refractivity contribution in [1.82, 2.24) is 5.32 Å². The number of hydrogen-bond donors (Lipinski definition) is 1. The number of carbonyl (C=O) groups excluding carboxylic acids is 1. The molecule has 0 saturated heterocycles. The zero-order chi connectivity index (χ0) is 16.1. The van der Waals surface area contributed by atoms with Gasteiger partial charge in [0.15, 0.2) is 5.66 Å². The van der Waals surface area contributed by atoms with Crippen molar-refractivity contribution >= 4 is 17.5 Å².